The molecule has 0 aliphatic carbocycles. The van der Waals surface area contributed by atoms with Crippen LogP contribution in [0.5, 0.6) is 0 Å². The zero-order valence-electron chi connectivity index (χ0n) is 7.37. The van der Waals surface area contributed by atoms with Gasteiger partial charge in [-0.25, -0.2) is 0 Å². The molecule has 0 fully saturated rings. The Bertz CT molecular complexity index is 323. The SMILES string of the molecule is CSCCC[C](S(=O)(=O)O)S(=O)(=O)O. The zero-order valence-corrected chi connectivity index (χ0v) is 9.82. The fourth-order valence-corrected chi connectivity index (χ4v) is 3.05. The second kappa shape index (κ2) is 5.31. The van der Waals surface area contributed by atoms with Crippen molar-refractivity contribution in [2.24, 2.45) is 0 Å². The molecule has 0 heterocycles. The van der Waals surface area contributed by atoms with Gasteiger partial charge in [0, 0.05) is 0 Å². The quantitative estimate of drug-likeness (QED) is 0.527. The van der Waals surface area contributed by atoms with Crippen molar-refractivity contribution >= 4 is 32.0 Å². The van der Waals surface area contributed by atoms with Crippen LogP contribution in [0.2, 0.25) is 0 Å². The summed E-state index contributed by atoms with van der Waals surface area (Å²) in [7, 11) is -9.67. The van der Waals surface area contributed by atoms with Gasteiger partial charge in [-0.05, 0) is 24.9 Å². The Hall–Kier alpha value is 0.170. The average Bonchev–Trinajstić information content (AvgIpc) is 1.92. The van der Waals surface area contributed by atoms with Crippen molar-refractivity contribution < 1.29 is 25.9 Å². The molecule has 0 aromatic carbocycles. The van der Waals surface area contributed by atoms with Gasteiger partial charge in [-0.3, -0.25) is 9.11 Å². The van der Waals surface area contributed by atoms with Crippen molar-refractivity contribution in [3.63, 3.8) is 0 Å². The molecule has 0 spiro atoms. The Kier molecular flexibility index (Phi) is 5.37. The topological polar surface area (TPSA) is 109 Å². The van der Waals surface area contributed by atoms with Crippen molar-refractivity contribution in [2.45, 2.75) is 12.8 Å². The molecule has 2 N–H and O–H groups in total. The lowest BCUT2D eigenvalue weighted by Gasteiger charge is -2.07. The summed E-state index contributed by atoms with van der Waals surface area (Å²) in [4.78, 5) is 0. The maximum absolute atomic E-state index is 10.5. The lowest BCUT2D eigenvalue weighted by Crippen LogP contribution is -2.21. The number of thioether (sulfide) groups is 1. The summed E-state index contributed by atoms with van der Waals surface area (Å²) in [5, 5.41) is 0. The normalized spacial score (nSPS) is 13.4. The first-order valence-corrected chi connectivity index (χ1v) is 7.76. The Morgan fingerprint density at radius 1 is 1.14 bits per heavy atom. The van der Waals surface area contributed by atoms with Crippen LogP contribution in [-0.4, -0.2) is 37.9 Å². The van der Waals surface area contributed by atoms with Crippen molar-refractivity contribution in [1.29, 1.82) is 0 Å². The molecule has 0 aliphatic rings. The minimum Gasteiger partial charge on any atom is -0.284 e. The van der Waals surface area contributed by atoms with E-state index in [1.807, 2.05) is 0 Å². The molecule has 0 rings (SSSR count). The molecule has 0 aliphatic heterocycles. The summed E-state index contributed by atoms with van der Waals surface area (Å²) in [5.74, 6) is 0.536. The summed E-state index contributed by atoms with van der Waals surface area (Å²) in [6.45, 7) is 0. The number of rotatable bonds is 6. The second-order valence-electron chi connectivity index (χ2n) is 2.42. The Balaban J connectivity index is 4.62. The van der Waals surface area contributed by atoms with Crippen molar-refractivity contribution in [3.8, 4) is 0 Å². The molecule has 0 amide bonds. The lowest BCUT2D eigenvalue weighted by molar-refractivity contribution is 0.466. The summed E-state index contributed by atoms with van der Waals surface area (Å²) in [6.07, 6.45) is 1.62. The molecule has 0 bridgehead atoms. The molecule has 14 heavy (non-hydrogen) atoms. The minimum absolute atomic E-state index is 0.246. The summed E-state index contributed by atoms with van der Waals surface area (Å²) in [5.41, 5.74) is 0. The van der Waals surface area contributed by atoms with E-state index in [1.54, 1.807) is 6.26 Å². The van der Waals surface area contributed by atoms with E-state index in [2.05, 4.69) is 0 Å². The molecule has 0 atom stereocenters. The molecule has 1 radical (unpaired) electrons. The predicted molar refractivity (Wildman–Crippen MR) is 54.0 cm³/mol. The van der Waals surface area contributed by atoms with Gasteiger partial charge in [-0.2, -0.15) is 28.6 Å². The summed E-state index contributed by atoms with van der Waals surface area (Å²) < 4.78 is 57.9. The molecule has 0 saturated heterocycles. The highest BCUT2D eigenvalue weighted by Gasteiger charge is 2.36. The third kappa shape index (κ3) is 5.15. The third-order valence-corrected chi connectivity index (χ3v) is 4.82. The molecule has 0 saturated carbocycles. The highest BCUT2D eigenvalue weighted by atomic mass is 32.3. The van der Waals surface area contributed by atoms with Crippen LogP contribution in [-0.2, 0) is 20.2 Å². The maximum atomic E-state index is 10.5. The Labute approximate surface area is 87.6 Å². The van der Waals surface area contributed by atoms with E-state index in [1.165, 1.54) is 11.8 Å². The summed E-state index contributed by atoms with van der Waals surface area (Å²) in [6, 6.07) is 0. The smallest absolute Gasteiger partial charge is 0.284 e. The molecular weight excluding hydrogens is 252 g/mol. The summed E-state index contributed by atoms with van der Waals surface area (Å²) >= 11 is 1.40. The van der Waals surface area contributed by atoms with Crippen LogP contribution in [0.3, 0.4) is 0 Å². The van der Waals surface area contributed by atoms with Gasteiger partial charge in [0.1, 0.15) is 0 Å². The van der Waals surface area contributed by atoms with Crippen LogP contribution < -0.4 is 0 Å². The highest BCUT2D eigenvalue weighted by Crippen LogP contribution is 2.22. The van der Waals surface area contributed by atoms with Crippen LogP contribution in [0.25, 0.3) is 0 Å². The lowest BCUT2D eigenvalue weighted by atomic mass is 10.4. The number of hydrogen-bond acceptors (Lipinski definition) is 5. The first-order valence-electron chi connectivity index (χ1n) is 3.49. The molecule has 0 aromatic rings. The fraction of sp³-hybridized carbons (Fsp3) is 0.800. The highest BCUT2D eigenvalue weighted by molar-refractivity contribution is 8.07. The molecule has 9 heteroatoms. The van der Waals surface area contributed by atoms with Crippen molar-refractivity contribution in [1.82, 2.24) is 0 Å². The van der Waals surface area contributed by atoms with Gasteiger partial charge < -0.3 is 0 Å². The van der Waals surface area contributed by atoms with Crippen molar-refractivity contribution in [3.05, 3.63) is 4.58 Å². The average molecular weight is 263 g/mol. The monoisotopic (exact) mass is 263 g/mol. The maximum Gasteiger partial charge on any atom is 0.290 e. The van der Waals surface area contributed by atoms with E-state index in [9.17, 15) is 16.8 Å². The van der Waals surface area contributed by atoms with Gasteiger partial charge in [0.2, 0.25) is 0 Å². The van der Waals surface area contributed by atoms with E-state index in [4.69, 9.17) is 9.11 Å². The molecular formula is C5H11O6S3. The largest absolute Gasteiger partial charge is 0.290 e. The van der Waals surface area contributed by atoms with Gasteiger partial charge in [0.15, 0.2) is 0 Å². The Morgan fingerprint density at radius 2 is 1.57 bits per heavy atom. The van der Waals surface area contributed by atoms with E-state index in [-0.39, 0.29) is 6.42 Å². The van der Waals surface area contributed by atoms with E-state index < -0.39 is 31.2 Å². The fourth-order valence-electron chi connectivity index (χ4n) is 0.752. The third-order valence-electron chi connectivity index (χ3n) is 1.30. The van der Waals surface area contributed by atoms with Crippen LogP contribution in [0.1, 0.15) is 12.8 Å². The van der Waals surface area contributed by atoms with Gasteiger partial charge in [0.05, 0.1) is 0 Å². The standard InChI is InChI=1S/C5H11O6S3/c1-12-4-2-3-5(13(6,7)8)14(9,10)11/h2-4H2,1H3,(H,6,7,8)(H,9,10,11). The Morgan fingerprint density at radius 3 is 1.86 bits per heavy atom. The zero-order chi connectivity index (χ0) is 11.4. The molecule has 85 valence electrons. The molecule has 0 aromatic heterocycles. The first-order chi connectivity index (χ1) is 6.19. The second-order valence-corrected chi connectivity index (χ2v) is 6.55. The predicted octanol–water partition coefficient (Wildman–Crippen LogP) is 0.395. The van der Waals surface area contributed by atoms with Crippen LogP contribution in [0.15, 0.2) is 0 Å². The van der Waals surface area contributed by atoms with E-state index in [0.717, 1.165) is 0 Å². The van der Waals surface area contributed by atoms with Gasteiger partial charge in [0.25, 0.3) is 24.8 Å². The molecule has 6 nitrogen and oxygen atoms in total. The van der Waals surface area contributed by atoms with E-state index >= 15 is 0 Å². The minimum atomic E-state index is -4.83. The first kappa shape index (κ1) is 14.2. The van der Waals surface area contributed by atoms with Crippen molar-refractivity contribution in [2.75, 3.05) is 12.0 Å². The molecule has 0 unspecified atom stereocenters. The van der Waals surface area contributed by atoms with E-state index in [0.29, 0.717) is 5.75 Å². The van der Waals surface area contributed by atoms with Crippen LogP contribution in [0, 0.1) is 4.58 Å². The number of hydrogen-bond donors (Lipinski definition) is 2. The van der Waals surface area contributed by atoms with Gasteiger partial charge in [-0.1, -0.05) is 0 Å². The van der Waals surface area contributed by atoms with Gasteiger partial charge in [-0.15, -0.1) is 0 Å². The van der Waals surface area contributed by atoms with Gasteiger partial charge >= 0.3 is 0 Å². The van der Waals surface area contributed by atoms with Crippen LogP contribution in [0.4, 0.5) is 0 Å². The van der Waals surface area contributed by atoms with Crippen LogP contribution >= 0.6 is 11.8 Å².